The number of rotatable bonds is 1. The highest BCUT2D eigenvalue weighted by atomic mass is 16.5. The maximum absolute atomic E-state index is 11.8. The summed E-state index contributed by atoms with van der Waals surface area (Å²) in [4.78, 5) is 28.1. The number of urea groups is 1. The van der Waals surface area contributed by atoms with Crippen molar-refractivity contribution in [1.82, 2.24) is 15.5 Å². The molecule has 0 aromatic heterocycles. The summed E-state index contributed by atoms with van der Waals surface area (Å²) in [5, 5.41) is 5.44. The van der Waals surface area contributed by atoms with Gasteiger partial charge in [-0.05, 0) is 12.8 Å². The minimum atomic E-state index is -0.585. The highest BCUT2D eigenvalue weighted by Crippen LogP contribution is 2.17. The maximum Gasteiger partial charge on any atom is 0.416 e. The lowest BCUT2D eigenvalue weighted by Gasteiger charge is -2.24. The van der Waals surface area contributed by atoms with Crippen molar-refractivity contribution in [2.45, 2.75) is 38.1 Å². The zero-order valence-electron chi connectivity index (χ0n) is 11.7. The van der Waals surface area contributed by atoms with Crippen LogP contribution < -0.4 is 10.6 Å². The third kappa shape index (κ3) is 4.76. The number of nitrogens with one attached hydrogen (secondary N) is 2. The van der Waals surface area contributed by atoms with Crippen LogP contribution in [0.2, 0.25) is 0 Å². The monoisotopic (exact) mass is 270 g/mol. The van der Waals surface area contributed by atoms with Crippen molar-refractivity contribution < 1.29 is 14.3 Å². The Labute approximate surface area is 113 Å². The predicted octanol–water partition coefficient (Wildman–Crippen LogP) is 1.30. The van der Waals surface area contributed by atoms with Gasteiger partial charge in [0.2, 0.25) is 5.96 Å². The van der Waals surface area contributed by atoms with Crippen LogP contribution >= 0.6 is 0 Å². The molecule has 1 aliphatic carbocycles. The van der Waals surface area contributed by atoms with E-state index in [0.29, 0.717) is 0 Å². The van der Waals surface area contributed by atoms with Gasteiger partial charge in [0.05, 0.1) is 7.11 Å². The van der Waals surface area contributed by atoms with Crippen LogP contribution in [-0.2, 0) is 4.74 Å². The Hall–Kier alpha value is -1.79. The van der Waals surface area contributed by atoms with Gasteiger partial charge in [-0.15, -0.1) is 0 Å². The molecule has 0 aromatic carbocycles. The topological polar surface area (TPSA) is 83.0 Å². The minimum absolute atomic E-state index is 0.153. The van der Waals surface area contributed by atoms with Crippen LogP contribution in [0.15, 0.2) is 4.99 Å². The summed E-state index contributed by atoms with van der Waals surface area (Å²) < 4.78 is 4.56. The fraction of sp³-hybridized carbons (Fsp3) is 0.750. The average Bonchev–Trinajstić information content (AvgIpc) is 2.44. The van der Waals surface area contributed by atoms with Gasteiger partial charge < -0.3 is 10.1 Å². The van der Waals surface area contributed by atoms with Crippen molar-refractivity contribution in [3.05, 3.63) is 0 Å². The number of ether oxygens (including phenoxy) is 1. The van der Waals surface area contributed by atoms with Gasteiger partial charge in [0, 0.05) is 20.1 Å². The first-order valence-electron chi connectivity index (χ1n) is 6.44. The Morgan fingerprint density at radius 3 is 2.42 bits per heavy atom. The molecule has 0 spiro atoms. The summed E-state index contributed by atoms with van der Waals surface area (Å²) in [6, 6.07) is -0.140. The molecule has 1 rings (SSSR count). The van der Waals surface area contributed by atoms with E-state index in [1.54, 1.807) is 0 Å². The van der Waals surface area contributed by atoms with Crippen LogP contribution in [0, 0.1) is 0 Å². The summed E-state index contributed by atoms with van der Waals surface area (Å²) in [6.07, 6.45) is 4.92. The number of methoxy groups -OCH3 is 1. The highest BCUT2D eigenvalue weighted by molar-refractivity contribution is 6.02. The van der Waals surface area contributed by atoms with E-state index in [2.05, 4.69) is 20.4 Å². The van der Waals surface area contributed by atoms with E-state index >= 15 is 0 Å². The first kappa shape index (κ1) is 15.3. The van der Waals surface area contributed by atoms with Crippen LogP contribution in [-0.4, -0.2) is 50.2 Å². The van der Waals surface area contributed by atoms with Gasteiger partial charge in [-0.3, -0.25) is 15.2 Å². The quantitative estimate of drug-likeness (QED) is 0.556. The molecule has 7 heteroatoms. The number of carbonyl (C=O) groups excluding carboxylic acids is 2. The SMILES string of the molecule is CN=C(NC(=O)NC1CCCCC1)N(C)C(=O)OC. The highest BCUT2D eigenvalue weighted by Gasteiger charge is 2.19. The molecule has 1 fully saturated rings. The van der Waals surface area contributed by atoms with Crippen molar-refractivity contribution in [2.75, 3.05) is 21.2 Å². The maximum atomic E-state index is 11.8. The van der Waals surface area contributed by atoms with Gasteiger partial charge in [0.25, 0.3) is 0 Å². The van der Waals surface area contributed by atoms with Crippen LogP contribution in [0.5, 0.6) is 0 Å². The number of guanidine groups is 1. The predicted molar refractivity (Wildman–Crippen MR) is 72.1 cm³/mol. The van der Waals surface area contributed by atoms with Crippen LogP contribution in [0.1, 0.15) is 32.1 Å². The van der Waals surface area contributed by atoms with E-state index in [1.807, 2.05) is 0 Å². The molecular formula is C12H22N4O3. The van der Waals surface area contributed by atoms with E-state index in [0.717, 1.165) is 30.6 Å². The number of aliphatic imine (C=N–C) groups is 1. The molecule has 0 bridgehead atoms. The van der Waals surface area contributed by atoms with Crippen molar-refractivity contribution in [3.8, 4) is 0 Å². The van der Waals surface area contributed by atoms with Gasteiger partial charge in [0.15, 0.2) is 0 Å². The molecule has 108 valence electrons. The fourth-order valence-corrected chi connectivity index (χ4v) is 2.08. The molecule has 0 atom stereocenters. The van der Waals surface area contributed by atoms with Gasteiger partial charge in [-0.25, -0.2) is 9.59 Å². The van der Waals surface area contributed by atoms with Gasteiger partial charge >= 0.3 is 12.1 Å². The molecule has 7 nitrogen and oxygen atoms in total. The van der Waals surface area contributed by atoms with Crippen molar-refractivity contribution >= 4 is 18.1 Å². The Morgan fingerprint density at radius 1 is 1.26 bits per heavy atom. The molecule has 3 amide bonds. The second-order valence-corrected chi connectivity index (χ2v) is 4.51. The molecule has 0 saturated heterocycles. The summed E-state index contributed by atoms with van der Waals surface area (Å²) in [6.45, 7) is 0. The molecule has 2 N–H and O–H groups in total. The zero-order valence-corrected chi connectivity index (χ0v) is 11.7. The Kier molecular flexibility index (Phi) is 6.11. The Balaban J connectivity index is 2.46. The largest absolute Gasteiger partial charge is 0.452 e. The summed E-state index contributed by atoms with van der Waals surface area (Å²) in [5.41, 5.74) is 0. The first-order valence-corrected chi connectivity index (χ1v) is 6.44. The molecular weight excluding hydrogens is 248 g/mol. The van der Waals surface area contributed by atoms with Crippen molar-refractivity contribution in [3.63, 3.8) is 0 Å². The zero-order chi connectivity index (χ0) is 14.3. The van der Waals surface area contributed by atoms with Crippen LogP contribution in [0.25, 0.3) is 0 Å². The van der Waals surface area contributed by atoms with E-state index in [1.165, 1.54) is 27.6 Å². The molecule has 0 aliphatic heterocycles. The minimum Gasteiger partial charge on any atom is -0.452 e. The van der Waals surface area contributed by atoms with Crippen molar-refractivity contribution in [1.29, 1.82) is 0 Å². The Bertz CT molecular complexity index is 351. The molecule has 0 radical (unpaired) electrons. The average molecular weight is 270 g/mol. The summed E-state index contributed by atoms with van der Waals surface area (Å²) in [5.74, 6) is 0.153. The van der Waals surface area contributed by atoms with E-state index in [-0.39, 0.29) is 18.0 Å². The molecule has 1 aliphatic rings. The lowest BCUT2D eigenvalue weighted by atomic mass is 9.96. The Morgan fingerprint density at radius 2 is 1.89 bits per heavy atom. The molecule has 1 saturated carbocycles. The molecule has 0 unspecified atom stereocenters. The second kappa shape index (κ2) is 7.60. The molecule has 0 aromatic rings. The lowest BCUT2D eigenvalue weighted by molar-refractivity contribution is 0.151. The molecule has 19 heavy (non-hydrogen) atoms. The van der Waals surface area contributed by atoms with E-state index in [4.69, 9.17) is 0 Å². The summed E-state index contributed by atoms with van der Waals surface area (Å²) >= 11 is 0. The molecule has 0 heterocycles. The van der Waals surface area contributed by atoms with E-state index < -0.39 is 6.09 Å². The third-order valence-electron chi connectivity index (χ3n) is 3.14. The standard InChI is InChI=1S/C12H22N4O3/c1-13-10(16(2)12(18)19-3)15-11(17)14-9-7-5-4-6-8-9/h9H,4-8H2,1-3H3,(H2,13,14,15,17). The normalized spacial score (nSPS) is 16.7. The van der Waals surface area contributed by atoms with Gasteiger partial charge in [-0.1, -0.05) is 19.3 Å². The van der Waals surface area contributed by atoms with Crippen molar-refractivity contribution in [2.24, 2.45) is 4.99 Å². The van der Waals surface area contributed by atoms with Crippen LogP contribution in [0.4, 0.5) is 9.59 Å². The van der Waals surface area contributed by atoms with E-state index in [9.17, 15) is 9.59 Å². The number of carbonyl (C=O) groups is 2. The lowest BCUT2D eigenvalue weighted by Crippen LogP contribution is -2.51. The second-order valence-electron chi connectivity index (χ2n) is 4.51. The smallest absolute Gasteiger partial charge is 0.416 e. The number of nitrogens with zero attached hydrogens (tertiary/aromatic N) is 2. The van der Waals surface area contributed by atoms with Gasteiger partial charge in [-0.2, -0.15) is 0 Å². The third-order valence-corrected chi connectivity index (χ3v) is 3.14. The fourth-order valence-electron chi connectivity index (χ4n) is 2.08. The van der Waals surface area contributed by atoms with Crippen LogP contribution in [0.3, 0.4) is 0 Å². The number of hydrogen-bond donors (Lipinski definition) is 2. The first-order chi connectivity index (χ1) is 9.08. The number of hydrogen-bond acceptors (Lipinski definition) is 4. The summed E-state index contributed by atoms with van der Waals surface area (Å²) in [7, 11) is 4.25. The number of amides is 3. The van der Waals surface area contributed by atoms with Gasteiger partial charge in [0.1, 0.15) is 0 Å².